The van der Waals surface area contributed by atoms with Crippen molar-refractivity contribution in [2.24, 2.45) is 0 Å². The Morgan fingerprint density at radius 2 is 2.00 bits per heavy atom. The number of carbonyl (C=O) groups excluding carboxylic acids is 3. The minimum absolute atomic E-state index is 0.0333. The van der Waals surface area contributed by atoms with Gasteiger partial charge in [0.2, 0.25) is 5.91 Å². The molecule has 7 nitrogen and oxygen atoms in total. The van der Waals surface area contributed by atoms with Crippen LogP contribution in [0.1, 0.15) is 40.0 Å². The van der Waals surface area contributed by atoms with E-state index in [-0.39, 0.29) is 18.6 Å². The maximum Gasteiger partial charge on any atom is 0.331 e. The highest BCUT2D eigenvalue weighted by atomic mass is 16.6. The molecule has 1 amide bonds. The Kier molecular flexibility index (Phi) is 13.3. The Balaban J connectivity index is 2.96. The van der Waals surface area contributed by atoms with Crippen LogP contribution in [0.3, 0.4) is 0 Å². The van der Waals surface area contributed by atoms with Crippen molar-refractivity contribution in [3.8, 4) is 0 Å². The Labute approximate surface area is 189 Å². The van der Waals surface area contributed by atoms with E-state index in [1.54, 1.807) is 31.2 Å². The number of aliphatic hydroxyl groups is 1. The molecule has 0 aromatic rings. The van der Waals surface area contributed by atoms with Gasteiger partial charge in [-0.1, -0.05) is 53.7 Å². The lowest BCUT2D eigenvalue weighted by molar-refractivity contribution is -0.151. The normalized spacial score (nSPS) is 26.2. The molecule has 174 valence electrons. The van der Waals surface area contributed by atoms with Gasteiger partial charge in [-0.05, 0) is 33.3 Å². The first-order chi connectivity index (χ1) is 15.3. The second kappa shape index (κ2) is 15.7. The number of hydrogen-bond acceptors (Lipinski definition) is 6. The van der Waals surface area contributed by atoms with E-state index in [0.717, 1.165) is 11.1 Å². The van der Waals surface area contributed by atoms with E-state index >= 15 is 0 Å². The quantitative estimate of drug-likeness (QED) is 0.227. The Morgan fingerprint density at radius 3 is 2.75 bits per heavy atom. The van der Waals surface area contributed by atoms with E-state index in [1.165, 1.54) is 30.4 Å². The molecule has 1 unspecified atom stereocenters. The monoisotopic (exact) mass is 443 g/mol. The molecule has 0 bridgehead atoms. The molecular weight excluding hydrogens is 410 g/mol. The molecule has 1 aliphatic heterocycles. The fraction of sp³-hybridized carbons (Fsp3) is 0.400. The van der Waals surface area contributed by atoms with Crippen LogP contribution in [0.5, 0.6) is 0 Å². The van der Waals surface area contributed by atoms with E-state index in [0.29, 0.717) is 19.6 Å². The molecule has 1 heterocycles. The second-order valence-electron chi connectivity index (χ2n) is 7.35. The van der Waals surface area contributed by atoms with Gasteiger partial charge in [0.15, 0.2) is 18.1 Å². The average Bonchev–Trinajstić information content (AvgIpc) is 2.72. The summed E-state index contributed by atoms with van der Waals surface area (Å²) in [5.41, 5.74) is 1.61. The van der Waals surface area contributed by atoms with Crippen molar-refractivity contribution in [1.29, 1.82) is 0 Å². The van der Waals surface area contributed by atoms with Gasteiger partial charge in [-0.3, -0.25) is 9.59 Å². The third kappa shape index (κ3) is 12.6. The van der Waals surface area contributed by atoms with Crippen LogP contribution in [0.25, 0.3) is 0 Å². The summed E-state index contributed by atoms with van der Waals surface area (Å²) in [6, 6.07) is 0. The number of hydrogen-bond donors (Lipinski definition) is 2. The SMILES string of the molecule is C/C=C/C=C\C(=O)NC(O)[C@@H]1C/C(C)=C/COCC/C=C/C(=O)C/C(C)=C\C=C\C(=O)O1. The van der Waals surface area contributed by atoms with E-state index in [9.17, 15) is 19.5 Å². The van der Waals surface area contributed by atoms with Gasteiger partial charge in [0.1, 0.15) is 0 Å². The predicted octanol–water partition coefficient (Wildman–Crippen LogP) is 3.24. The molecule has 0 radical (unpaired) electrons. The van der Waals surface area contributed by atoms with Crippen LogP contribution in [0.4, 0.5) is 0 Å². The summed E-state index contributed by atoms with van der Waals surface area (Å²) >= 11 is 0. The highest BCUT2D eigenvalue weighted by Crippen LogP contribution is 2.13. The first-order valence-electron chi connectivity index (χ1n) is 10.6. The zero-order chi connectivity index (χ0) is 23.8. The van der Waals surface area contributed by atoms with Crippen molar-refractivity contribution in [2.45, 2.75) is 52.4 Å². The van der Waals surface area contributed by atoms with Crippen molar-refractivity contribution in [1.82, 2.24) is 5.32 Å². The average molecular weight is 444 g/mol. The summed E-state index contributed by atoms with van der Waals surface area (Å²) in [6.07, 6.45) is 14.4. The third-order valence-corrected chi connectivity index (χ3v) is 4.33. The number of amides is 1. The Morgan fingerprint density at radius 1 is 1.22 bits per heavy atom. The van der Waals surface area contributed by atoms with Crippen LogP contribution < -0.4 is 5.32 Å². The predicted molar refractivity (Wildman–Crippen MR) is 123 cm³/mol. The van der Waals surface area contributed by atoms with Gasteiger partial charge < -0.3 is 19.9 Å². The molecule has 7 heteroatoms. The highest BCUT2D eigenvalue weighted by Gasteiger charge is 2.24. The standard InChI is InChI=1S/C25H33NO6/c1-4-5-6-12-23(28)26-25(30)22-18-20(3)14-16-31-15-8-7-11-21(27)17-19(2)10-9-13-24(29)32-22/h4-7,9-14,22,25,30H,8,15-18H2,1-3H3,(H,26,28)/b5-4+,11-7+,12-6-,13-9+,19-10-,20-14+/t22-,25?/m0/s1. The molecule has 0 fully saturated rings. The number of ketones is 1. The minimum Gasteiger partial charge on any atom is -0.454 e. The third-order valence-electron chi connectivity index (χ3n) is 4.33. The molecule has 0 spiro atoms. The van der Waals surface area contributed by atoms with Crippen LogP contribution in [-0.4, -0.2) is 48.3 Å². The van der Waals surface area contributed by atoms with Crippen LogP contribution in [0.2, 0.25) is 0 Å². The maximum atomic E-state index is 12.3. The summed E-state index contributed by atoms with van der Waals surface area (Å²) in [5.74, 6) is -1.22. The number of ether oxygens (including phenoxy) is 2. The minimum atomic E-state index is -1.40. The summed E-state index contributed by atoms with van der Waals surface area (Å²) in [6.45, 7) is 6.23. The molecule has 2 N–H and O–H groups in total. The lowest BCUT2D eigenvalue weighted by Crippen LogP contribution is -2.44. The molecule has 0 saturated carbocycles. The number of aliphatic hydroxyl groups excluding tert-OH is 1. The molecule has 1 rings (SSSR count). The van der Waals surface area contributed by atoms with Crippen molar-refractivity contribution in [3.05, 3.63) is 71.9 Å². The number of nitrogens with one attached hydrogen (secondary N) is 1. The van der Waals surface area contributed by atoms with E-state index in [4.69, 9.17) is 9.47 Å². The molecule has 2 atom stereocenters. The maximum absolute atomic E-state index is 12.3. The van der Waals surface area contributed by atoms with E-state index < -0.39 is 24.2 Å². The Bertz CT molecular complexity index is 816. The van der Waals surface area contributed by atoms with Gasteiger partial charge in [0.05, 0.1) is 13.2 Å². The zero-order valence-electron chi connectivity index (χ0n) is 19.0. The number of esters is 1. The zero-order valence-corrected chi connectivity index (χ0v) is 19.0. The van der Waals surface area contributed by atoms with E-state index in [2.05, 4.69) is 5.32 Å². The van der Waals surface area contributed by atoms with Gasteiger partial charge in [-0.25, -0.2) is 4.79 Å². The Hall–Kier alpha value is -3.03. The number of allylic oxidation sites excluding steroid dienone is 7. The van der Waals surface area contributed by atoms with Gasteiger partial charge in [0.25, 0.3) is 0 Å². The molecule has 0 aromatic heterocycles. The van der Waals surface area contributed by atoms with Crippen LogP contribution in [0.15, 0.2) is 71.9 Å². The summed E-state index contributed by atoms with van der Waals surface area (Å²) < 4.78 is 10.9. The fourth-order valence-electron chi connectivity index (χ4n) is 2.68. The lowest BCUT2D eigenvalue weighted by atomic mass is 10.1. The summed E-state index contributed by atoms with van der Waals surface area (Å²) in [5, 5.41) is 12.9. The van der Waals surface area contributed by atoms with Gasteiger partial charge in [0, 0.05) is 25.0 Å². The second-order valence-corrected chi connectivity index (χ2v) is 7.35. The van der Waals surface area contributed by atoms with Crippen LogP contribution in [-0.2, 0) is 23.9 Å². The first kappa shape index (κ1) is 27.0. The molecule has 1 aliphatic rings. The van der Waals surface area contributed by atoms with Crippen molar-refractivity contribution < 1.29 is 29.0 Å². The summed E-state index contributed by atoms with van der Waals surface area (Å²) in [4.78, 5) is 36.1. The van der Waals surface area contributed by atoms with Gasteiger partial charge in [-0.15, -0.1) is 0 Å². The molecule has 0 aromatic carbocycles. The van der Waals surface area contributed by atoms with Crippen molar-refractivity contribution >= 4 is 17.7 Å². The molecule has 0 saturated heterocycles. The van der Waals surface area contributed by atoms with Crippen LogP contribution in [0, 0.1) is 0 Å². The van der Waals surface area contributed by atoms with E-state index in [1.807, 2.05) is 19.9 Å². The largest absolute Gasteiger partial charge is 0.454 e. The molecule has 32 heavy (non-hydrogen) atoms. The van der Waals surface area contributed by atoms with Crippen molar-refractivity contribution in [3.63, 3.8) is 0 Å². The highest BCUT2D eigenvalue weighted by molar-refractivity contribution is 5.91. The molecular formula is C25H33NO6. The van der Waals surface area contributed by atoms with Crippen LogP contribution >= 0.6 is 0 Å². The van der Waals surface area contributed by atoms with Gasteiger partial charge in [-0.2, -0.15) is 0 Å². The lowest BCUT2D eigenvalue weighted by Gasteiger charge is -2.23. The van der Waals surface area contributed by atoms with Gasteiger partial charge >= 0.3 is 5.97 Å². The first-order valence-corrected chi connectivity index (χ1v) is 10.6. The molecule has 0 aliphatic carbocycles. The fourth-order valence-corrected chi connectivity index (χ4v) is 2.68. The number of rotatable bonds is 4. The number of cyclic esters (lactones) is 1. The van der Waals surface area contributed by atoms with Crippen molar-refractivity contribution in [2.75, 3.05) is 13.2 Å². The smallest absolute Gasteiger partial charge is 0.331 e. The summed E-state index contributed by atoms with van der Waals surface area (Å²) in [7, 11) is 0. The number of carbonyl (C=O) groups is 3. The topological polar surface area (TPSA) is 102 Å².